The van der Waals surface area contributed by atoms with Crippen molar-refractivity contribution in [1.29, 1.82) is 0 Å². The van der Waals surface area contributed by atoms with Gasteiger partial charge in [0.2, 0.25) is 0 Å². The van der Waals surface area contributed by atoms with Crippen molar-refractivity contribution in [3.8, 4) is 5.75 Å². The fourth-order valence-electron chi connectivity index (χ4n) is 2.09. The van der Waals surface area contributed by atoms with Gasteiger partial charge in [-0.3, -0.25) is 4.79 Å². The number of piperidine rings is 1. The number of aromatic hydroxyl groups is 1. The Labute approximate surface area is 112 Å². The van der Waals surface area contributed by atoms with E-state index in [1.165, 1.54) is 6.07 Å². The Hall–Kier alpha value is -1.88. The summed E-state index contributed by atoms with van der Waals surface area (Å²) in [6.45, 7) is 5.17. The molecular formula is C14H19N3O2. The van der Waals surface area contributed by atoms with Gasteiger partial charge in [-0.1, -0.05) is 19.1 Å². The van der Waals surface area contributed by atoms with E-state index in [2.05, 4.69) is 22.4 Å². The zero-order chi connectivity index (χ0) is 13.7. The predicted octanol–water partition coefficient (Wildman–Crippen LogP) is 1.59. The highest BCUT2D eigenvalue weighted by atomic mass is 16.3. The van der Waals surface area contributed by atoms with Crippen molar-refractivity contribution in [3.05, 3.63) is 29.8 Å². The number of nitrogens with zero attached hydrogens (tertiary/aromatic N) is 2. The topological polar surface area (TPSA) is 64.9 Å². The number of para-hydroxylation sites is 1. The molecule has 5 nitrogen and oxygen atoms in total. The van der Waals surface area contributed by atoms with E-state index in [9.17, 15) is 9.90 Å². The molecule has 0 spiro atoms. The number of likely N-dealkylation sites (tertiary alicyclic amines) is 1. The van der Waals surface area contributed by atoms with Gasteiger partial charge in [0.1, 0.15) is 5.75 Å². The highest BCUT2D eigenvalue weighted by Crippen LogP contribution is 2.15. The van der Waals surface area contributed by atoms with E-state index < -0.39 is 0 Å². The Balaban J connectivity index is 1.92. The minimum Gasteiger partial charge on any atom is -0.507 e. The second kappa shape index (κ2) is 6.33. The zero-order valence-electron chi connectivity index (χ0n) is 11.1. The van der Waals surface area contributed by atoms with Crippen molar-refractivity contribution in [3.63, 3.8) is 0 Å². The van der Waals surface area contributed by atoms with Gasteiger partial charge < -0.3 is 10.0 Å². The molecule has 1 saturated heterocycles. The Morgan fingerprint density at radius 3 is 2.68 bits per heavy atom. The van der Waals surface area contributed by atoms with Crippen molar-refractivity contribution in [2.45, 2.75) is 19.8 Å². The third-order valence-electron chi connectivity index (χ3n) is 3.34. The van der Waals surface area contributed by atoms with Crippen molar-refractivity contribution >= 4 is 11.6 Å². The molecule has 0 saturated carbocycles. The SMILES string of the molecule is CCN1CCC(=NNC(=O)c2ccccc2O)CC1. The largest absolute Gasteiger partial charge is 0.507 e. The molecule has 0 unspecified atom stereocenters. The molecule has 1 fully saturated rings. The van der Waals surface area contributed by atoms with Gasteiger partial charge in [-0.15, -0.1) is 0 Å². The number of rotatable bonds is 3. The van der Waals surface area contributed by atoms with Crippen LogP contribution in [-0.4, -0.2) is 41.3 Å². The molecule has 0 radical (unpaired) electrons. The van der Waals surface area contributed by atoms with Crippen LogP contribution in [0.3, 0.4) is 0 Å². The van der Waals surface area contributed by atoms with Gasteiger partial charge in [-0.25, -0.2) is 5.43 Å². The first kappa shape index (κ1) is 13.5. The lowest BCUT2D eigenvalue weighted by molar-refractivity contribution is 0.0951. The number of hydrogen-bond donors (Lipinski definition) is 2. The van der Waals surface area contributed by atoms with Gasteiger partial charge in [-0.05, 0) is 18.7 Å². The summed E-state index contributed by atoms with van der Waals surface area (Å²) in [7, 11) is 0. The highest BCUT2D eigenvalue weighted by Gasteiger charge is 2.14. The summed E-state index contributed by atoms with van der Waals surface area (Å²) in [6, 6.07) is 6.45. The number of phenols is 1. The molecule has 102 valence electrons. The van der Waals surface area contributed by atoms with Gasteiger partial charge in [0, 0.05) is 31.6 Å². The molecule has 2 N–H and O–H groups in total. The number of benzene rings is 1. The van der Waals surface area contributed by atoms with Crippen LogP contribution in [0.25, 0.3) is 0 Å². The molecule has 0 aromatic heterocycles. The molecule has 0 atom stereocenters. The number of hydrogen-bond acceptors (Lipinski definition) is 4. The molecule has 1 aromatic rings. The van der Waals surface area contributed by atoms with Gasteiger partial charge in [-0.2, -0.15) is 5.10 Å². The second-order valence-electron chi connectivity index (χ2n) is 4.57. The molecule has 19 heavy (non-hydrogen) atoms. The maximum absolute atomic E-state index is 11.8. The van der Waals surface area contributed by atoms with E-state index in [4.69, 9.17) is 0 Å². The molecule has 1 heterocycles. The number of phenolic OH excluding ortho intramolecular Hbond substituents is 1. The number of carbonyl (C=O) groups is 1. The summed E-state index contributed by atoms with van der Waals surface area (Å²) < 4.78 is 0. The van der Waals surface area contributed by atoms with Crippen LogP contribution in [0.4, 0.5) is 0 Å². The molecule has 1 aromatic carbocycles. The van der Waals surface area contributed by atoms with Crippen LogP contribution in [-0.2, 0) is 0 Å². The van der Waals surface area contributed by atoms with Crippen molar-refractivity contribution in [2.75, 3.05) is 19.6 Å². The summed E-state index contributed by atoms with van der Waals surface area (Å²) >= 11 is 0. The molecule has 2 rings (SSSR count). The standard InChI is InChI=1S/C14H19N3O2/c1-2-17-9-7-11(8-10-17)15-16-14(19)12-5-3-4-6-13(12)18/h3-6,18H,2,7-10H2,1H3,(H,16,19). The van der Waals surface area contributed by atoms with Crippen LogP contribution in [0.5, 0.6) is 5.75 Å². The second-order valence-corrected chi connectivity index (χ2v) is 4.57. The van der Waals surface area contributed by atoms with E-state index in [0.29, 0.717) is 0 Å². The first-order valence-corrected chi connectivity index (χ1v) is 6.57. The third kappa shape index (κ3) is 3.54. The van der Waals surface area contributed by atoms with E-state index in [0.717, 1.165) is 38.2 Å². The summed E-state index contributed by atoms with van der Waals surface area (Å²) in [6.07, 6.45) is 1.77. The molecule has 1 amide bonds. The minimum absolute atomic E-state index is 0.0268. The first-order chi connectivity index (χ1) is 9.20. The number of amides is 1. The lowest BCUT2D eigenvalue weighted by Crippen LogP contribution is -2.34. The first-order valence-electron chi connectivity index (χ1n) is 6.57. The summed E-state index contributed by atoms with van der Waals surface area (Å²) in [5, 5.41) is 13.7. The van der Waals surface area contributed by atoms with Gasteiger partial charge >= 0.3 is 0 Å². The average Bonchev–Trinajstić information content (AvgIpc) is 2.46. The zero-order valence-corrected chi connectivity index (χ0v) is 11.1. The van der Waals surface area contributed by atoms with Crippen molar-refractivity contribution in [1.82, 2.24) is 10.3 Å². The molecule has 0 aliphatic carbocycles. The normalized spacial score (nSPS) is 16.2. The van der Waals surface area contributed by atoms with Crippen LogP contribution in [0.1, 0.15) is 30.1 Å². The van der Waals surface area contributed by atoms with Crippen LogP contribution in [0, 0.1) is 0 Å². The quantitative estimate of drug-likeness (QED) is 0.812. The third-order valence-corrected chi connectivity index (χ3v) is 3.34. The fraction of sp³-hybridized carbons (Fsp3) is 0.429. The summed E-state index contributed by atoms with van der Waals surface area (Å²) in [5.74, 6) is -0.399. The van der Waals surface area contributed by atoms with Crippen LogP contribution >= 0.6 is 0 Å². The van der Waals surface area contributed by atoms with Crippen LogP contribution in [0.15, 0.2) is 29.4 Å². The highest BCUT2D eigenvalue weighted by molar-refractivity contribution is 5.97. The number of nitrogens with one attached hydrogen (secondary N) is 1. The maximum atomic E-state index is 11.8. The Kier molecular flexibility index (Phi) is 4.52. The van der Waals surface area contributed by atoms with Crippen molar-refractivity contribution < 1.29 is 9.90 Å². The van der Waals surface area contributed by atoms with Gasteiger partial charge in [0.25, 0.3) is 5.91 Å². The fourth-order valence-corrected chi connectivity index (χ4v) is 2.09. The number of carbonyl (C=O) groups excluding carboxylic acids is 1. The van der Waals surface area contributed by atoms with Crippen LogP contribution in [0.2, 0.25) is 0 Å². The average molecular weight is 261 g/mol. The van der Waals surface area contributed by atoms with Crippen molar-refractivity contribution in [2.24, 2.45) is 5.10 Å². The van der Waals surface area contributed by atoms with E-state index in [1.54, 1.807) is 18.2 Å². The molecule has 5 heteroatoms. The molecule has 1 aliphatic heterocycles. The van der Waals surface area contributed by atoms with E-state index in [-0.39, 0.29) is 17.2 Å². The monoisotopic (exact) mass is 261 g/mol. The Morgan fingerprint density at radius 2 is 2.05 bits per heavy atom. The Bertz CT molecular complexity index is 475. The predicted molar refractivity (Wildman–Crippen MR) is 74.4 cm³/mol. The van der Waals surface area contributed by atoms with Gasteiger partial charge in [0.05, 0.1) is 5.56 Å². The maximum Gasteiger partial charge on any atom is 0.275 e. The molecular weight excluding hydrogens is 242 g/mol. The lowest BCUT2D eigenvalue weighted by Gasteiger charge is -2.25. The minimum atomic E-state index is -0.372. The summed E-state index contributed by atoms with van der Waals surface area (Å²) in [4.78, 5) is 14.2. The number of hydrazone groups is 1. The Morgan fingerprint density at radius 1 is 1.37 bits per heavy atom. The molecule has 1 aliphatic rings. The van der Waals surface area contributed by atoms with Gasteiger partial charge in [0.15, 0.2) is 0 Å². The van der Waals surface area contributed by atoms with E-state index in [1.807, 2.05) is 0 Å². The lowest BCUT2D eigenvalue weighted by atomic mass is 10.1. The van der Waals surface area contributed by atoms with Crippen LogP contribution < -0.4 is 5.43 Å². The smallest absolute Gasteiger partial charge is 0.275 e. The molecule has 0 bridgehead atoms. The van der Waals surface area contributed by atoms with E-state index >= 15 is 0 Å². The summed E-state index contributed by atoms with van der Waals surface area (Å²) in [5.41, 5.74) is 3.77.